The predicted octanol–water partition coefficient (Wildman–Crippen LogP) is 4.14. The molecule has 3 heterocycles. The minimum absolute atomic E-state index is 0.640. The van der Waals surface area contributed by atoms with Crippen LogP contribution in [0.3, 0.4) is 0 Å². The van der Waals surface area contributed by atoms with Gasteiger partial charge in [0.1, 0.15) is 5.52 Å². The Bertz CT molecular complexity index is 829. The molecule has 2 aromatic rings. The zero-order chi connectivity index (χ0) is 21.1. The Morgan fingerprint density at radius 3 is 2.25 bits per heavy atom. The van der Waals surface area contributed by atoms with Crippen LogP contribution in [0, 0.1) is 0 Å². The van der Waals surface area contributed by atoms with Gasteiger partial charge in [-0.05, 0) is 48.9 Å². The van der Waals surface area contributed by atoms with Gasteiger partial charge < -0.3 is 0 Å². The van der Waals surface area contributed by atoms with Gasteiger partial charge in [0, 0.05) is 6.20 Å². The first-order chi connectivity index (χ1) is 12.8. The van der Waals surface area contributed by atoms with Crippen LogP contribution in [0.5, 0.6) is 0 Å². The Balaban J connectivity index is 0.000000345. The molecule has 2 aromatic heterocycles. The van der Waals surface area contributed by atoms with Crippen LogP contribution in [0.25, 0.3) is 11.2 Å². The van der Waals surface area contributed by atoms with E-state index < -0.39 is 7.81 Å². The SMILES string of the molecule is CCN(CC)C(On1nnc2cccnc21)=[N+]1CCCC1.F[P-](F)(F)(F)(F)F. The summed E-state index contributed by atoms with van der Waals surface area (Å²) in [6, 6.07) is 4.56. The Kier molecular flexibility index (Phi) is 5.80. The average Bonchev–Trinajstić information content (AvgIpc) is 3.22. The van der Waals surface area contributed by atoms with Crippen molar-refractivity contribution < 1.29 is 34.6 Å². The van der Waals surface area contributed by atoms with Crippen LogP contribution in [0.15, 0.2) is 18.3 Å². The number of hydrogen-bond donors (Lipinski definition) is 0. The van der Waals surface area contributed by atoms with Crippen molar-refractivity contribution in [3.05, 3.63) is 18.3 Å². The molecule has 0 N–H and O–H groups in total. The summed E-state index contributed by atoms with van der Waals surface area (Å²) in [5, 5.41) is 8.15. The molecule has 0 saturated carbocycles. The second-order valence-electron chi connectivity index (χ2n) is 6.01. The van der Waals surface area contributed by atoms with E-state index in [9.17, 15) is 25.2 Å². The van der Waals surface area contributed by atoms with Crippen molar-refractivity contribution in [3.63, 3.8) is 0 Å². The first-order valence-corrected chi connectivity index (χ1v) is 10.6. The quantitative estimate of drug-likeness (QED) is 0.315. The van der Waals surface area contributed by atoms with E-state index in [0.29, 0.717) is 5.65 Å². The summed E-state index contributed by atoms with van der Waals surface area (Å²) in [4.78, 5) is 14.0. The minimum atomic E-state index is -10.7. The second-order valence-corrected chi connectivity index (χ2v) is 7.92. The topological polar surface area (TPSA) is 59.1 Å². The van der Waals surface area contributed by atoms with Gasteiger partial charge in [0.2, 0.25) is 5.65 Å². The fourth-order valence-electron chi connectivity index (χ4n) is 2.60. The first-order valence-electron chi connectivity index (χ1n) is 8.56. The van der Waals surface area contributed by atoms with Gasteiger partial charge in [-0.15, -0.1) is 5.10 Å². The van der Waals surface area contributed by atoms with E-state index in [-0.39, 0.29) is 0 Å². The number of fused-ring (bicyclic) bond motifs is 1. The fourth-order valence-corrected chi connectivity index (χ4v) is 2.60. The van der Waals surface area contributed by atoms with Crippen LogP contribution < -0.4 is 4.84 Å². The Hall–Kier alpha value is -2.17. The molecule has 1 aliphatic rings. The van der Waals surface area contributed by atoms with Gasteiger partial charge in [0.05, 0.1) is 26.2 Å². The molecule has 0 atom stereocenters. The fraction of sp³-hybridized carbons (Fsp3) is 0.571. The van der Waals surface area contributed by atoms with E-state index in [1.165, 1.54) is 17.7 Å². The van der Waals surface area contributed by atoms with E-state index in [1.54, 1.807) is 6.20 Å². The van der Waals surface area contributed by atoms with Gasteiger partial charge in [-0.1, -0.05) is 0 Å². The van der Waals surface area contributed by atoms with Crippen molar-refractivity contribution in [1.29, 1.82) is 0 Å². The van der Waals surface area contributed by atoms with Gasteiger partial charge in [0.25, 0.3) is 0 Å². The van der Waals surface area contributed by atoms with Crippen molar-refractivity contribution in [3.8, 4) is 0 Å². The monoisotopic (exact) mass is 434 g/mol. The van der Waals surface area contributed by atoms with E-state index in [4.69, 9.17) is 4.84 Å². The van der Waals surface area contributed by atoms with Crippen molar-refractivity contribution in [2.45, 2.75) is 26.7 Å². The van der Waals surface area contributed by atoms with E-state index in [2.05, 4.69) is 38.6 Å². The molecule has 1 aliphatic heterocycles. The van der Waals surface area contributed by atoms with Gasteiger partial charge in [-0.3, -0.25) is 4.84 Å². The first kappa shape index (κ1) is 22.1. The molecule has 160 valence electrons. The standard InChI is InChI=1S/C14H21N6O.F6P/c1-3-18(4-2)14(19-10-5-6-11-19)21-20-13-12(16-17-20)8-7-9-15-13;1-7(2,3,4,5)6/h7-9H,3-6,10-11H2,1-2H3;/q+1;-1. The van der Waals surface area contributed by atoms with Crippen LogP contribution in [0.4, 0.5) is 25.2 Å². The van der Waals surface area contributed by atoms with E-state index in [1.807, 2.05) is 12.1 Å². The molecule has 7 nitrogen and oxygen atoms in total. The summed E-state index contributed by atoms with van der Waals surface area (Å²) in [7, 11) is -10.7. The van der Waals surface area contributed by atoms with E-state index >= 15 is 0 Å². The third-order valence-electron chi connectivity index (χ3n) is 3.76. The molecule has 0 aliphatic carbocycles. The molecule has 0 spiro atoms. The van der Waals surface area contributed by atoms with Crippen molar-refractivity contribution in [2.24, 2.45) is 0 Å². The van der Waals surface area contributed by atoms with Crippen molar-refractivity contribution in [2.75, 3.05) is 26.2 Å². The predicted molar refractivity (Wildman–Crippen MR) is 92.6 cm³/mol. The third-order valence-corrected chi connectivity index (χ3v) is 3.76. The third kappa shape index (κ3) is 7.45. The van der Waals surface area contributed by atoms with Gasteiger partial charge in [-0.25, -0.2) is 14.5 Å². The summed E-state index contributed by atoms with van der Waals surface area (Å²) in [6.45, 7) is 8.07. The molecule has 28 heavy (non-hydrogen) atoms. The summed E-state index contributed by atoms with van der Waals surface area (Å²) in [5.41, 5.74) is 1.37. The maximum atomic E-state index is 9.87. The Morgan fingerprint density at radius 1 is 1.14 bits per heavy atom. The van der Waals surface area contributed by atoms with Crippen molar-refractivity contribution in [1.82, 2.24) is 25.0 Å². The molecule has 1 saturated heterocycles. The van der Waals surface area contributed by atoms with Crippen LogP contribution in [0.1, 0.15) is 26.7 Å². The number of rotatable bonds is 3. The van der Waals surface area contributed by atoms with Crippen LogP contribution in [-0.4, -0.2) is 61.8 Å². The number of aromatic nitrogens is 4. The number of pyridine rings is 1. The second kappa shape index (κ2) is 7.34. The van der Waals surface area contributed by atoms with Gasteiger partial charge >= 0.3 is 39.0 Å². The average molecular weight is 434 g/mol. The van der Waals surface area contributed by atoms with Gasteiger partial charge in [0.15, 0.2) is 0 Å². The Labute approximate surface area is 156 Å². The number of hydrogen-bond acceptors (Lipinski definition) is 4. The molecule has 0 amide bonds. The summed E-state index contributed by atoms with van der Waals surface area (Å²) in [5.74, 6) is 0. The summed E-state index contributed by atoms with van der Waals surface area (Å²) < 4.78 is 61.5. The molecule has 14 heteroatoms. The molecular formula is C14H21F6N6OP. The van der Waals surface area contributed by atoms with Crippen LogP contribution >= 0.6 is 7.81 Å². The molecule has 0 radical (unpaired) electrons. The molecule has 0 aromatic carbocycles. The zero-order valence-corrected chi connectivity index (χ0v) is 16.2. The summed E-state index contributed by atoms with van der Waals surface area (Å²) in [6.07, 6.45) is 4.12. The normalized spacial score (nSPS) is 16.8. The number of nitrogens with zero attached hydrogens (tertiary/aromatic N) is 6. The molecule has 1 fully saturated rings. The number of amidine groups is 1. The zero-order valence-electron chi connectivity index (χ0n) is 15.3. The Morgan fingerprint density at radius 2 is 1.71 bits per heavy atom. The number of halogens is 6. The summed E-state index contributed by atoms with van der Waals surface area (Å²) >= 11 is 0. The molecule has 3 rings (SSSR count). The molecule has 0 bridgehead atoms. The van der Waals surface area contributed by atoms with E-state index in [0.717, 1.165) is 37.7 Å². The van der Waals surface area contributed by atoms with Crippen molar-refractivity contribution >= 4 is 25.0 Å². The molecule has 0 unspecified atom stereocenters. The van der Waals surface area contributed by atoms with Crippen LogP contribution in [0.2, 0.25) is 0 Å². The maximum absolute atomic E-state index is 10.7. The van der Waals surface area contributed by atoms with Gasteiger partial charge in [-0.2, -0.15) is 0 Å². The van der Waals surface area contributed by atoms with Crippen LogP contribution in [-0.2, 0) is 0 Å². The molecular weight excluding hydrogens is 413 g/mol.